The second kappa shape index (κ2) is 4.37. The highest BCUT2D eigenvalue weighted by molar-refractivity contribution is 5.98. The molecule has 1 aromatic heterocycles. The van der Waals surface area contributed by atoms with E-state index < -0.39 is 5.54 Å². The minimum atomic E-state index is -0.637. The van der Waals surface area contributed by atoms with Crippen molar-refractivity contribution < 1.29 is 9.90 Å². The molecule has 0 saturated heterocycles. The maximum Gasteiger partial charge on any atom is 0.274 e. The number of nitrogens with zero attached hydrogens (tertiary/aromatic N) is 3. The Hall–Kier alpha value is -1.56. The van der Waals surface area contributed by atoms with Gasteiger partial charge in [-0.25, -0.2) is 0 Å². The maximum atomic E-state index is 12.3. The van der Waals surface area contributed by atoms with E-state index in [2.05, 4.69) is 5.10 Å². The summed E-state index contributed by atoms with van der Waals surface area (Å²) >= 11 is 0. The number of likely N-dealkylation sites (N-methyl/N-ethyl adjacent to an activating group) is 1. The normalized spacial score (nSPS) is 11.6. The van der Waals surface area contributed by atoms with Crippen LogP contribution in [0.2, 0.25) is 0 Å². The van der Waals surface area contributed by atoms with Gasteiger partial charge in [0, 0.05) is 14.1 Å². The number of aliphatic hydroxyl groups excluding tert-OH is 1. The number of nitrogen functional groups attached to an aromatic ring is 1. The number of carbonyl (C=O) groups is 1. The molecule has 6 heteroatoms. The Morgan fingerprint density at radius 2 is 2.12 bits per heavy atom. The summed E-state index contributed by atoms with van der Waals surface area (Å²) in [5.74, 6) is -0.246. The van der Waals surface area contributed by atoms with Crippen LogP contribution in [0, 0.1) is 6.92 Å². The molecule has 0 aromatic carbocycles. The van der Waals surface area contributed by atoms with Gasteiger partial charge in [0.1, 0.15) is 5.69 Å². The number of aliphatic hydroxyl groups is 1. The monoisotopic (exact) mass is 240 g/mol. The summed E-state index contributed by atoms with van der Waals surface area (Å²) < 4.78 is 1.47. The molecule has 1 heterocycles. The first-order valence-corrected chi connectivity index (χ1v) is 5.40. The molecular weight excluding hydrogens is 220 g/mol. The molecule has 0 atom stereocenters. The third kappa shape index (κ3) is 2.26. The number of nitrogens with two attached hydrogens (primary N) is 1. The topological polar surface area (TPSA) is 84.4 Å². The van der Waals surface area contributed by atoms with Crippen LogP contribution in [-0.2, 0) is 7.05 Å². The predicted octanol–water partition coefficient (Wildman–Crippen LogP) is 0.154. The molecular formula is C11H20N4O2. The van der Waals surface area contributed by atoms with Gasteiger partial charge in [-0.2, -0.15) is 5.10 Å². The predicted molar refractivity (Wildman–Crippen MR) is 65.6 cm³/mol. The fourth-order valence-corrected chi connectivity index (χ4v) is 1.47. The molecule has 1 amide bonds. The van der Waals surface area contributed by atoms with Crippen LogP contribution in [0.25, 0.3) is 0 Å². The van der Waals surface area contributed by atoms with Crippen molar-refractivity contribution in [3.8, 4) is 0 Å². The van der Waals surface area contributed by atoms with Gasteiger partial charge < -0.3 is 15.7 Å². The lowest BCUT2D eigenvalue weighted by Gasteiger charge is -2.33. The van der Waals surface area contributed by atoms with Crippen molar-refractivity contribution in [2.24, 2.45) is 7.05 Å². The van der Waals surface area contributed by atoms with E-state index in [1.807, 2.05) is 0 Å². The summed E-state index contributed by atoms with van der Waals surface area (Å²) in [6.07, 6.45) is 0. The van der Waals surface area contributed by atoms with Crippen LogP contribution in [0.15, 0.2) is 0 Å². The fraction of sp³-hybridized carbons (Fsp3) is 0.636. The van der Waals surface area contributed by atoms with E-state index in [-0.39, 0.29) is 12.5 Å². The summed E-state index contributed by atoms with van der Waals surface area (Å²) in [6, 6.07) is 0. The van der Waals surface area contributed by atoms with Crippen molar-refractivity contribution in [1.29, 1.82) is 0 Å². The first-order valence-electron chi connectivity index (χ1n) is 5.40. The van der Waals surface area contributed by atoms with Gasteiger partial charge in [0.2, 0.25) is 0 Å². The molecule has 96 valence electrons. The molecule has 0 unspecified atom stereocenters. The van der Waals surface area contributed by atoms with Crippen molar-refractivity contribution >= 4 is 11.6 Å². The lowest BCUT2D eigenvalue weighted by Crippen LogP contribution is -2.48. The van der Waals surface area contributed by atoms with Crippen LogP contribution in [-0.4, -0.2) is 44.9 Å². The van der Waals surface area contributed by atoms with Gasteiger partial charge in [0.05, 0.1) is 23.5 Å². The Morgan fingerprint density at radius 1 is 1.59 bits per heavy atom. The molecule has 0 saturated carbocycles. The number of carbonyl (C=O) groups excluding carboxylic acids is 1. The molecule has 6 nitrogen and oxygen atoms in total. The van der Waals surface area contributed by atoms with E-state index in [9.17, 15) is 9.90 Å². The van der Waals surface area contributed by atoms with Gasteiger partial charge in [0.15, 0.2) is 0 Å². The smallest absolute Gasteiger partial charge is 0.274 e. The van der Waals surface area contributed by atoms with E-state index in [1.54, 1.807) is 34.9 Å². The molecule has 0 aliphatic carbocycles. The molecule has 0 aliphatic rings. The second-order valence-electron chi connectivity index (χ2n) is 4.81. The lowest BCUT2D eigenvalue weighted by molar-refractivity contribution is 0.0464. The van der Waals surface area contributed by atoms with E-state index in [4.69, 9.17) is 5.73 Å². The van der Waals surface area contributed by atoms with Gasteiger partial charge in [-0.3, -0.25) is 9.48 Å². The van der Waals surface area contributed by atoms with E-state index in [0.29, 0.717) is 17.1 Å². The highest BCUT2D eigenvalue weighted by atomic mass is 16.3. The first-order chi connectivity index (χ1) is 7.72. The van der Waals surface area contributed by atoms with Crippen LogP contribution >= 0.6 is 0 Å². The molecule has 17 heavy (non-hydrogen) atoms. The van der Waals surface area contributed by atoms with Crippen molar-refractivity contribution in [2.75, 3.05) is 19.4 Å². The largest absolute Gasteiger partial charge is 0.395 e. The van der Waals surface area contributed by atoms with Crippen molar-refractivity contribution in [3.63, 3.8) is 0 Å². The maximum absolute atomic E-state index is 12.3. The van der Waals surface area contributed by atoms with Crippen molar-refractivity contribution in [3.05, 3.63) is 11.4 Å². The second-order valence-corrected chi connectivity index (χ2v) is 4.81. The average molecular weight is 240 g/mol. The molecule has 0 fully saturated rings. The molecule has 0 bridgehead atoms. The van der Waals surface area contributed by atoms with Crippen LogP contribution in [0.4, 0.5) is 5.69 Å². The van der Waals surface area contributed by atoms with Gasteiger partial charge in [-0.15, -0.1) is 0 Å². The summed E-state index contributed by atoms with van der Waals surface area (Å²) in [5, 5.41) is 13.4. The fourth-order valence-electron chi connectivity index (χ4n) is 1.47. The zero-order valence-corrected chi connectivity index (χ0v) is 11.0. The van der Waals surface area contributed by atoms with Crippen molar-refractivity contribution in [2.45, 2.75) is 26.3 Å². The van der Waals surface area contributed by atoms with Crippen LogP contribution in [0.3, 0.4) is 0 Å². The number of hydrogen-bond acceptors (Lipinski definition) is 4. The zero-order valence-electron chi connectivity index (χ0n) is 11.0. The average Bonchev–Trinajstić information content (AvgIpc) is 2.51. The number of aromatic nitrogens is 2. The van der Waals surface area contributed by atoms with Gasteiger partial charge >= 0.3 is 0 Å². The Kier molecular flexibility index (Phi) is 3.47. The third-order valence-corrected chi connectivity index (χ3v) is 3.07. The van der Waals surface area contributed by atoms with Gasteiger partial charge in [-0.1, -0.05) is 0 Å². The molecule has 0 radical (unpaired) electrons. The highest BCUT2D eigenvalue weighted by Gasteiger charge is 2.30. The summed E-state index contributed by atoms with van der Waals surface area (Å²) in [5.41, 5.74) is 6.57. The summed E-state index contributed by atoms with van der Waals surface area (Å²) in [6.45, 7) is 5.20. The lowest BCUT2D eigenvalue weighted by atomic mass is 10.0. The Morgan fingerprint density at radius 3 is 2.47 bits per heavy atom. The van der Waals surface area contributed by atoms with Crippen molar-refractivity contribution in [1.82, 2.24) is 14.7 Å². The highest BCUT2D eigenvalue weighted by Crippen LogP contribution is 2.21. The summed E-state index contributed by atoms with van der Waals surface area (Å²) in [4.78, 5) is 13.8. The van der Waals surface area contributed by atoms with Crippen LogP contribution < -0.4 is 5.73 Å². The Balaban J connectivity index is 3.13. The third-order valence-electron chi connectivity index (χ3n) is 3.07. The molecule has 3 N–H and O–H groups in total. The van der Waals surface area contributed by atoms with E-state index in [1.165, 1.54) is 9.58 Å². The quantitative estimate of drug-likeness (QED) is 0.788. The minimum Gasteiger partial charge on any atom is -0.395 e. The minimum absolute atomic E-state index is 0.119. The number of rotatable bonds is 3. The molecule has 0 aliphatic heterocycles. The SMILES string of the molecule is Cc1nn(C)c(C(=O)N(C)C(C)(C)CO)c1N. The number of aryl methyl sites for hydroxylation is 2. The number of anilines is 1. The van der Waals surface area contributed by atoms with Gasteiger partial charge in [0.25, 0.3) is 5.91 Å². The number of amides is 1. The van der Waals surface area contributed by atoms with Gasteiger partial charge in [-0.05, 0) is 20.8 Å². The summed E-state index contributed by atoms with van der Waals surface area (Å²) in [7, 11) is 3.32. The van der Waals surface area contributed by atoms with E-state index >= 15 is 0 Å². The number of hydrogen-bond donors (Lipinski definition) is 2. The van der Waals surface area contributed by atoms with Crippen LogP contribution in [0.5, 0.6) is 0 Å². The standard InChI is InChI=1S/C11H20N4O2/c1-7-8(12)9(15(5)13-7)10(17)14(4)11(2,3)6-16/h16H,6,12H2,1-5H3. The Labute approximate surface area is 101 Å². The molecule has 1 aromatic rings. The molecule has 0 spiro atoms. The van der Waals surface area contributed by atoms with Crippen LogP contribution in [0.1, 0.15) is 30.0 Å². The molecule has 1 rings (SSSR count). The first kappa shape index (κ1) is 13.5. The van der Waals surface area contributed by atoms with E-state index in [0.717, 1.165) is 0 Å². The zero-order chi connectivity index (χ0) is 13.4. The Bertz CT molecular complexity index is 437.